The van der Waals surface area contributed by atoms with Gasteiger partial charge in [-0.3, -0.25) is 0 Å². The first-order chi connectivity index (χ1) is 15.3. The summed E-state index contributed by atoms with van der Waals surface area (Å²) in [6, 6.07) is 6.11. The number of terminal acetylenes is 1. The number of phosphoric ester groups is 1. The summed E-state index contributed by atoms with van der Waals surface area (Å²) < 4.78 is 21.6. The fourth-order valence-corrected chi connectivity index (χ4v) is 5.74. The molecule has 4 rings (SSSR count). The fourth-order valence-electron chi connectivity index (χ4n) is 5.36. The Morgan fingerprint density at radius 1 is 1.21 bits per heavy atom. The summed E-state index contributed by atoms with van der Waals surface area (Å²) in [4.78, 5) is 33.8. The Hall–Kier alpha value is -0.530. The van der Waals surface area contributed by atoms with E-state index >= 15 is 0 Å². The summed E-state index contributed by atoms with van der Waals surface area (Å²) >= 11 is 0. The molecule has 1 heterocycles. The van der Waals surface area contributed by atoms with E-state index in [0.717, 1.165) is 24.8 Å². The van der Waals surface area contributed by atoms with Crippen molar-refractivity contribution in [1.82, 2.24) is 0 Å². The molecule has 1 aliphatic heterocycles. The summed E-state index contributed by atoms with van der Waals surface area (Å²) in [5, 5.41) is 0. The molecule has 2 bridgehead atoms. The third-order valence-corrected chi connectivity index (χ3v) is 6.90. The summed E-state index contributed by atoms with van der Waals surface area (Å²) in [6.45, 7) is 2.03. The van der Waals surface area contributed by atoms with Crippen molar-refractivity contribution >= 4 is 7.82 Å². The van der Waals surface area contributed by atoms with E-state index in [4.69, 9.17) is 20.9 Å². The molecule has 1 spiro atoms. The molecule has 5 atom stereocenters. The van der Waals surface area contributed by atoms with Gasteiger partial charge >= 0.3 is 59.1 Å². The van der Waals surface area contributed by atoms with Gasteiger partial charge in [0.25, 0.3) is 5.79 Å². The predicted octanol–water partition coefficient (Wildman–Crippen LogP) is -3.47. The van der Waals surface area contributed by atoms with Crippen LogP contribution in [0.1, 0.15) is 34.6 Å². The van der Waals surface area contributed by atoms with Crippen molar-refractivity contribution < 1.29 is 95.4 Å². The van der Waals surface area contributed by atoms with Gasteiger partial charge in [0, 0.05) is 33.3 Å². The molecule has 1 aromatic carbocycles. The number of methoxy groups -OCH3 is 1. The van der Waals surface area contributed by atoms with E-state index in [1.54, 1.807) is 12.1 Å². The van der Waals surface area contributed by atoms with Crippen molar-refractivity contribution in [3.05, 3.63) is 41.5 Å². The maximum Gasteiger partial charge on any atom is 1.00 e. The maximum absolute atomic E-state index is 11.1. The van der Waals surface area contributed by atoms with Crippen LogP contribution in [-0.4, -0.2) is 12.7 Å². The monoisotopic (exact) mass is 502 g/mol. The molecule has 5 unspecified atom stereocenters. The third kappa shape index (κ3) is 5.13. The van der Waals surface area contributed by atoms with E-state index in [9.17, 15) is 14.4 Å². The van der Waals surface area contributed by atoms with Crippen LogP contribution in [0.2, 0.25) is 0 Å². The minimum absolute atomic E-state index is 0. The van der Waals surface area contributed by atoms with Crippen molar-refractivity contribution in [1.29, 1.82) is 0 Å². The van der Waals surface area contributed by atoms with Crippen molar-refractivity contribution in [3.63, 3.8) is 0 Å². The zero-order valence-electron chi connectivity index (χ0n) is 19.6. The zero-order valence-corrected chi connectivity index (χ0v) is 24.5. The Labute approximate surface area is 247 Å². The predicted molar refractivity (Wildman–Crippen MR) is 115 cm³/mol. The minimum Gasteiger partial charge on any atom is -0.780 e. The maximum atomic E-state index is 11.1. The average Bonchev–Trinajstić information content (AvgIpc) is 2.73. The van der Waals surface area contributed by atoms with E-state index in [-0.39, 0.29) is 85.5 Å². The summed E-state index contributed by atoms with van der Waals surface area (Å²) in [6.07, 6.45) is 9.98. The van der Waals surface area contributed by atoms with Crippen LogP contribution >= 0.6 is 7.82 Å². The first-order valence-corrected chi connectivity index (χ1v) is 11.6. The van der Waals surface area contributed by atoms with Crippen LogP contribution in [0.25, 0.3) is 0 Å². The van der Waals surface area contributed by atoms with Gasteiger partial charge in [-0.15, -0.1) is 6.42 Å². The summed E-state index contributed by atoms with van der Waals surface area (Å²) in [5.41, 5.74) is 0.697. The van der Waals surface area contributed by atoms with Crippen LogP contribution < -0.4 is 73.4 Å². The number of benzene rings is 1. The standard InChI is InChI=1S/C24H23O7P.2Na.2H2/c1-4-5-6-7-10-18-15-17(2)21-13-9-14-22(18)23(21)24(28-3,31-30-23)19-11-8-12-20(16-19)29-32(25,26)27;;;;/h1,8,11-12,15-16,18,21-22H,9,13-14H2,2-3H3,(H2,25,26,27);;;2*1H/q;2*+1;;/p-2. The molecule has 3 aliphatic rings. The van der Waals surface area contributed by atoms with Crippen molar-refractivity contribution in [2.45, 2.75) is 37.6 Å². The SMILES string of the molecule is C#CC#CC#CC1C=C(C)C2CCCC1C21OOC1(OC)c1cccc(OP(=O)([O-])[O-])c1.[HH].[HH].[Na+].[Na+]. The number of allylic oxidation sites excluding steroid dienone is 1. The summed E-state index contributed by atoms with van der Waals surface area (Å²) in [7, 11) is -3.72. The van der Waals surface area contributed by atoms with Crippen LogP contribution in [0.5, 0.6) is 5.75 Å². The Bertz CT molecular complexity index is 1170. The van der Waals surface area contributed by atoms with Gasteiger partial charge in [0.2, 0.25) is 0 Å². The Balaban J connectivity index is 0.00000306. The second-order valence-corrected chi connectivity index (χ2v) is 9.11. The van der Waals surface area contributed by atoms with Gasteiger partial charge < -0.3 is 23.6 Å². The molecule has 2 aliphatic carbocycles. The molecule has 7 nitrogen and oxygen atoms in total. The molecule has 10 heteroatoms. The topological polar surface area (TPSA) is 100 Å². The number of hydrogen-bond donors (Lipinski definition) is 0. The average molecular weight is 502 g/mol. The van der Waals surface area contributed by atoms with Gasteiger partial charge in [-0.25, -0.2) is 4.89 Å². The van der Waals surface area contributed by atoms with E-state index in [0.29, 0.717) is 5.56 Å². The largest absolute Gasteiger partial charge is 1.00 e. The molecular formula is C24H25Na2O7P. The van der Waals surface area contributed by atoms with Gasteiger partial charge in [0.1, 0.15) is 13.6 Å². The molecule has 0 N–H and O–H groups in total. The molecule has 1 saturated carbocycles. The van der Waals surface area contributed by atoms with Gasteiger partial charge in [-0.2, -0.15) is 4.89 Å². The Morgan fingerprint density at radius 3 is 2.59 bits per heavy atom. The van der Waals surface area contributed by atoms with E-state index < -0.39 is 19.2 Å². The quantitative estimate of drug-likeness (QED) is 0.139. The molecule has 170 valence electrons. The second kappa shape index (κ2) is 11.7. The molecule has 0 radical (unpaired) electrons. The first kappa shape index (κ1) is 29.7. The van der Waals surface area contributed by atoms with Crippen molar-refractivity contribution in [3.8, 4) is 41.8 Å². The first-order valence-electron chi connectivity index (χ1n) is 10.2. The normalized spacial score (nSPS) is 30.9. The Morgan fingerprint density at radius 2 is 1.97 bits per heavy atom. The fraction of sp³-hybridized carbons (Fsp3) is 0.417. The zero-order chi connectivity index (χ0) is 23.0. The smallest absolute Gasteiger partial charge is 0.780 e. The molecule has 1 aromatic rings. The van der Waals surface area contributed by atoms with Crippen LogP contribution in [0, 0.1) is 53.8 Å². The van der Waals surface area contributed by atoms with Gasteiger partial charge in [-0.1, -0.05) is 36.1 Å². The van der Waals surface area contributed by atoms with E-state index in [1.807, 2.05) is 6.92 Å². The van der Waals surface area contributed by atoms with Crippen molar-refractivity contribution in [2.24, 2.45) is 17.8 Å². The van der Waals surface area contributed by atoms with Crippen LogP contribution in [0.15, 0.2) is 35.9 Å². The molecule has 1 saturated heterocycles. The molecular weight excluding hydrogens is 477 g/mol. The van der Waals surface area contributed by atoms with Gasteiger partial charge in [-0.05, 0) is 55.6 Å². The van der Waals surface area contributed by atoms with Crippen LogP contribution in [0.4, 0.5) is 0 Å². The number of hydrogen-bond acceptors (Lipinski definition) is 7. The minimum atomic E-state index is -5.22. The number of rotatable bonds is 4. The number of ether oxygens (including phenoxy) is 1. The van der Waals surface area contributed by atoms with Gasteiger partial charge in [0.05, 0.1) is 0 Å². The third-order valence-electron chi connectivity index (χ3n) is 6.47. The number of phosphoric acid groups is 1. The summed E-state index contributed by atoms with van der Waals surface area (Å²) in [5.74, 6) is 11.7. The second-order valence-electron chi connectivity index (χ2n) is 8.04. The van der Waals surface area contributed by atoms with Crippen molar-refractivity contribution in [2.75, 3.05) is 7.11 Å². The van der Waals surface area contributed by atoms with E-state index in [2.05, 4.69) is 40.2 Å². The molecule has 34 heavy (non-hydrogen) atoms. The van der Waals surface area contributed by atoms with Crippen LogP contribution in [0.3, 0.4) is 0 Å². The van der Waals surface area contributed by atoms with Crippen LogP contribution in [-0.2, 0) is 24.9 Å². The van der Waals surface area contributed by atoms with E-state index in [1.165, 1.54) is 19.2 Å². The molecule has 0 amide bonds. The molecule has 2 fully saturated rings. The molecule has 0 aromatic heterocycles. The Kier molecular flexibility index (Phi) is 10.2. The van der Waals surface area contributed by atoms with Gasteiger partial charge in [0.15, 0.2) is 5.60 Å².